The molecule has 3 aromatic rings. The minimum Gasteiger partial charge on any atom is -0.494 e. The quantitative estimate of drug-likeness (QED) is 0.243. The molecule has 146 valence electrons. The van der Waals surface area contributed by atoms with E-state index in [1.165, 1.54) is 12.8 Å². The summed E-state index contributed by atoms with van der Waals surface area (Å²) in [6.45, 7) is 2.94. The van der Waals surface area contributed by atoms with E-state index in [0.717, 1.165) is 34.9 Å². The maximum atomic E-state index is 6.21. The van der Waals surface area contributed by atoms with Gasteiger partial charge in [-0.25, -0.2) is 0 Å². The van der Waals surface area contributed by atoms with Crippen LogP contribution >= 0.6 is 23.4 Å². The lowest BCUT2D eigenvalue weighted by atomic mass is 10.2. The second kappa shape index (κ2) is 10.9. The summed E-state index contributed by atoms with van der Waals surface area (Å²) in [5.74, 6) is 1.59. The fourth-order valence-corrected chi connectivity index (χ4v) is 3.62. The molecule has 0 saturated heterocycles. The molecule has 0 unspecified atom stereocenters. The Hall–Kier alpha value is -2.31. The number of rotatable bonds is 10. The molecule has 0 spiro atoms. The molecule has 0 aliphatic heterocycles. The maximum absolute atomic E-state index is 6.21. The first-order chi connectivity index (χ1) is 13.8. The SMILES string of the molecule is CCCCCOc1ccc(/C=N\n2cnnc2SCc2ccccc2Cl)cc1. The fraction of sp³-hybridized carbons (Fsp3) is 0.286. The van der Waals surface area contributed by atoms with Gasteiger partial charge < -0.3 is 4.74 Å². The van der Waals surface area contributed by atoms with E-state index in [1.54, 1.807) is 29.0 Å². The Morgan fingerprint density at radius 2 is 1.96 bits per heavy atom. The minimum atomic E-state index is 0.706. The molecule has 0 aliphatic carbocycles. The van der Waals surface area contributed by atoms with Crippen LogP contribution in [0.5, 0.6) is 5.75 Å². The van der Waals surface area contributed by atoms with Crippen molar-refractivity contribution in [2.75, 3.05) is 6.61 Å². The summed E-state index contributed by atoms with van der Waals surface area (Å²) in [6.07, 6.45) is 6.85. The zero-order valence-corrected chi connectivity index (χ0v) is 17.4. The highest BCUT2D eigenvalue weighted by Gasteiger charge is 2.06. The van der Waals surface area contributed by atoms with E-state index in [-0.39, 0.29) is 0 Å². The average Bonchev–Trinajstić information content (AvgIpc) is 3.17. The highest BCUT2D eigenvalue weighted by molar-refractivity contribution is 7.98. The van der Waals surface area contributed by atoms with Crippen LogP contribution in [0.2, 0.25) is 5.02 Å². The summed E-state index contributed by atoms with van der Waals surface area (Å²) >= 11 is 7.75. The van der Waals surface area contributed by atoms with Gasteiger partial charge in [-0.15, -0.1) is 10.2 Å². The predicted octanol–water partition coefficient (Wildman–Crippen LogP) is 5.68. The Kier molecular flexibility index (Phi) is 7.94. The standard InChI is InChI=1S/C21H23ClN4OS/c1-2-3-6-13-27-19-11-9-17(10-12-19)14-24-26-16-23-25-21(26)28-15-18-7-4-5-8-20(18)22/h4-5,7-12,14,16H,2-3,6,13,15H2,1H3/b24-14-. The summed E-state index contributed by atoms with van der Waals surface area (Å²) in [5, 5.41) is 14.0. The molecular formula is C21H23ClN4OS. The summed E-state index contributed by atoms with van der Waals surface area (Å²) in [7, 11) is 0. The van der Waals surface area contributed by atoms with E-state index in [1.807, 2.05) is 48.5 Å². The number of ether oxygens (including phenoxy) is 1. The third kappa shape index (κ3) is 6.11. The second-order valence-corrected chi connectivity index (χ2v) is 7.56. The highest BCUT2D eigenvalue weighted by atomic mass is 35.5. The summed E-state index contributed by atoms with van der Waals surface area (Å²) in [4.78, 5) is 0. The molecule has 2 aromatic carbocycles. The van der Waals surface area contributed by atoms with Crippen LogP contribution in [0.25, 0.3) is 0 Å². The lowest BCUT2D eigenvalue weighted by Crippen LogP contribution is -1.97. The fourth-order valence-electron chi connectivity index (χ4n) is 2.47. The third-order valence-corrected chi connectivity index (χ3v) is 5.39. The van der Waals surface area contributed by atoms with Crippen LogP contribution in [0.3, 0.4) is 0 Å². The van der Waals surface area contributed by atoms with Gasteiger partial charge in [0.05, 0.1) is 12.8 Å². The number of unbranched alkanes of at least 4 members (excludes halogenated alkanes) is 2. The normalized spacial score (nSPS) is 11.2. The van der Waals surface area contributed by atoms with Crippen molar-refractivity contribution in [2.45, 2.75) is 37.1 Å². The van der Waals surface area contributed by atoms with E-state index < -0.39 is 0 Å². The number of halogens is 1. The molecule has 0 N–H and O–H groups in total. The van der Waals surface area contributed by atoms with E-state index in [4.69, 9.17) is 16.3 Å². The van der Waals surface area contributed by atoms with Crippen LogP contribution in [0, 0.1) is 0 Å². The molecule has 7 heteroatoms. The van der Waals surface area contributed by atoms with Crippen molar-refractivity contribution >= 4 is 29.6 Å². The molecule has 3 rings (SSSR count). The number of aromatic nitrogens is 3. The van der Waals surface area contributed by atoms with Crippen molar-refractivity contribution in [3.8, 4) is 5.75 Å². The Bertz CT molecular complexity index is 895. The first kappa shape index (κ1) is 20.4. The van der Waals surface area contributed by atoms with Gasteiger partial charge in [0.1, 0.15) is 12.1 Å². The molecule has 5 nitrogen and oxygen atoms in total. The van der Waals surface area contributed by atoms with Gasteiger partial charge in [0.2, 0.25) is 5.16 Å². The lowest BCUT2D eigenvalue weighted by molar-refractivity contribution is 0.306. The van der Waals surface area contributed by atoms with Gasteiger partial charge in [0, 0.05) is 10.8 Å². The first-order valence-corrected chi connectivity index (χ1v) is 10.7. The molecule has 0 fully saturated rings. The number of hydrogen-bond acceptors (Lipinski definition) is 5. The summed E-state index contributed by atoms with van der Waals surface area (Å²) in [6, 6.07) is 15.7. The maximum Gasteiger partial charge on any atom is 0.212 e. The zero-order valence-electron chi connectivity index (χ0n) is 15.8. The Balaban J connectivity index is 1.56. The topological polar surface area (TPSA) is 52.3 Å². The predicted molar refractivity (Wildman–Crippen MR) is 115 cm³/mol. The third-order valence-electron chi connectivity index (χ3n) is 4.04. The van der Waals surface area contributed by atoms with Gasteiger partial charge >= 0.3 is 0 Å². The lowest BCUT2D eigenvalue weighted by Gasteiger charge is -2.05. The van der Waals surface area contributed by atoms with Crippen molar-refractivity contribution in [1.82, 2.24) is 14.9 Å². The molecule has 0 radical (unpaired) electrons. The molecule has 0 bridgehead atoms. The van der Waals surface area contributed by atoms with Gasteiger partial charge in [0.15, 0.2) is 0 Å². The number of hydrogen-bond donors (Lipinski definition) is 0. The Labute approximate surface area is 174 Å². The van der Waals surface area contributed by atoms with Crippen LogP contribution in [0.4, 0.5) is 0 Å². The average molecular weight is 415 g/mol. The van der Waals surface area contributed by atoms with Gasteiger partial charge in [-0.05, 0) is 47.9 Å². The smallest absolute Gasteiger partial charge is 0.212 e. The largest absolute Gasteiger partial charge is 0.494 e. The second-order valence-electron chi connectivity index (χ2n) is 6.21. The zero-order chi connectivity index (χ0) is 19.6. The Morgan fingerprint density at radius 1 is 1.14 bits per heavy atom. The van der Waals surface area contributed by atoms with Gasteiger partial charge in [0.25, 0.3) is 0 Å². The van der Waals surface area contributed by atoms with Crippen LogP contribution in [0.15, 0.2) is 65.1 Å². The van der Waals surface area contributed by atoms with Crippen molar-refractivity contribution in [3.05, 3.63) is 71.0 Å². The van der Waals surface area contributed by atoms with Crippen LogP contribution in [-0.4, -0.2) is 27.7 Å². The molecule has 0 aliphatic rings. The molecule has 0 saturated carbocycles. The van der Waals surface area contributed by atoms with E-state index in [2.05, 4.69) is 22.2 Å². The van der Waals surface area contributed by atoms with Crippen LogP contribution in [0.1, 0.15) is 37.3 Å². The van der Waals surface area contributed by atoms with E-state index in [0.29, 0.717) is 10.9 Å². The van der Waals surface area contributed by atoms with Crippen molar-refractivity contribution in [1.29, 1.82) is 0 Å². The van der Waals surface area contributed by atoms with Gasteiger partial charge in [-0.2, -0.15) is 9.78 Å². The first-order valence-electron chi connectivity index (χ1n) is 9.29. The van der Waals surface area contributed by atoms with Crippen molar-refractivity contribution in [3.63, 3.8) is 0 Å². The molecule has 0 atom stereocenters. The monoisotopic (exact) mass is 414 g/mol. The van der Waals surface area contributed by atoms with Gasteiger partial charge in [-0.3, -0.25) is 0 Å². The molecule has 0 amide bonds. The molecule has 1 heterocycles. The van der Waals surface area contributed by atoms with E-state index in [9.17, 15) is 0 Å². The Morgan fingerprint density at radius 3 is 2.75 bits per heavy atom. The molecule has 28 heavy (non-hydrogen) atoms. The van der Waals surface area contributed by atoms with Crippen LogP contribution < -0.4 is 4.74 Å². The highest BCUT2D eigenvalue weighted by Crippen LogP contribution is 2.25. The van der Waals surface area contributed by atoms with Crippen molar-refractivity contribution in [2.24, 2.45) is 5.10 Å². The van der Waals surface area contributed by atoms with Crippen molar-refractivity contribution < 1.29 is 4.74 Å². The summed E-state index contributed by atoms with van der Waals surface area (Å²) in [5.41, 5.74) is 2.04. The van der Waals surface area contributed by atoms with Crippen LogP contribution in [-0.2, 0) is 5.75 Å². The number of nitrogens with zero attached hydrogens (tertiary/aromatic N) is 4. The van der Waals surface area contributed by atoms with Gasteiger partial charge in [-0.1, -0.05) is 61.3 Å². The summed E-state index contributed by atoms with van der Waals surface area (Å²) < 4.78 is 7.40. The van der Waals surface area contributed by atoms with E-state index >= 15 is 0 Å². The molecule has 1 aromatic heterocycles. The molecular weight excluding hydrogens is 392 g/mol. The number of thioether (sulfide) groups is 1. The number of benzene rings is 2. The minimum absolute atomic E-state index is 0.706.